The fraction of sp³-hybridized carbons (Fsp3) is 0.158. The highest BCUT2D eigenvalue weighted by Gasteiger charge is 2.15. The zero-order valence-electron chi connectivity index (χ0n) is 13.6. The van der Waals surface area contributed by atoms with Gasteiger partial charge in [0.15, 0.2) is 5.76 Å². The van der Waals surface area contributed by atoms with Crippen molar-refractivity contribution < 1.29 is 18.7 Å². The fourth-order valence-corrected chi connectivity index (χ4v) is 2.48. The normalized spacial score (nSPS) is 12.0. The van der Waals surface area contributed by atoms with Gasteiger partial charge >= 0.3 is 0 Å². The molecule has 0 unspecified atom stereocenters. The number of nitrogens with zero attached hydrogens (tertiary/aromatic N) is 1. The van der Waals surface area contributed by atoms with Gasteiger partial charge < -0.3 is 14.8 Å². The molecule has 5 nitrogen and oxygen atoms in total. The summed E-state index contributed by atoms with van der Waals surface area (Å²) in [7, 11) is 0. The number of hydrogen-bond donors (Lipinski definition) is 2. The summed E-state index contributed by atoms with van der Waals surface area (Å²) in [5.41, 5.74) is 2.00. The fourth-order valence-electron chi connectivity index (χ4n) is 2.48. The van der Waals surface area contributed by atoms with Crippen LogP contribution in [0.1, 0.15) is 27.7 Å². The summed E-state index contributed by atoms with van der Waals surface area (Å²) < 4.78 is 18.5. The van der Waals surface area contributed by atoms with Gasteiger partial charge in [0.1, 0.15) is 11.5 Å². The summed E-state index contributed by atoms with van der Waals surface area (Å²) in [6.07, 6.45) is 0.566. The van der Waals surface area contributed by atoms with E-state index < -0.39 is 11.9 Å². The van der Waals surface area contributed by atoms with Gasteiger partial charge in [-0.25, -0.2) is 9.37 Å². The predicted molar refractivity (Wildman–Crippen MR) is 90.4 cm³/mol. The van der Waals surface area contributed by atoms with Crippen LogP contribution in [0.4, 0.5) is 4.39 Å². The van der Waals surface area contributed by atoms with Crippen molar-refractivity contribution in [2.24, 2.45) is 0 Å². The number of carbonyl (C=O) groups excluding carboxylic acids is 1. The lowest BCUT2D eigenvalue weighted by molar-refractivity contribution is 0.0915. The van der Waals surface area contributed by atoms with E-state index in [0.29, 0.717) is 28.3 Å². The van der Waals surface area contributed by atoms with E-state index >= 15 is 0 Å². The van der Waals surface area contributed by atoms with Crippen molar-refractivity contribution >= 4 is 5.91 Å². The first-order valence-corrected chi connectivity index (χ1v) is 7.78. The van der Waals surface area contributed by atoms with Gasteiger partial charge in [-0.1, -0.05) is 12.1 Å². The number of aromatic nitrogens is 1. The quantitative estimate of drug-likeness (QED) is 0.747. The summed E-state index contributed by atoms with van der Waals surface area (Å²) >= 11 is 0. The van der Waals surface area contributed by atoms with Gasteiger partial charge in [-0.2, -0.15) is 0 Å². The topological polar surface area (TPSA) is 75.4 Å². The Morgan fingerprint density at radius 2 is 2.12 bits per heavy atom. The van der Waals surface area contributed by atoms with Crippen LogP contribution in [0.25, 0.3) is 11.5 Å². The Labute approximate surface area is 144 Å². The van der Waals surface area contributed by atoms with Crippen molar-refractivity contribution in [2.45, 2.75) is 13.0 Å². The van der Waals surface area contributed by atoms with Crippen LogP contribution in [0.3, 0.4) is 0 Å². The highest BCUT2D eigenvalue weighted by molar-refractivity contribution is 5.95. The summed E-state index contributed by atoms with van der Waals surface area (Å²) in [6, 6.07) is 12.6. The number of amides is 1. The minimum atomic E-state index is -0.990. The molecule has 6 heteroatoms. The minimum Gasteiger partial charge on any atom is -0.463 e. The lowest BCUT2D eigenvalue weighted by Gasteiger charge is -2.13. The molecule has 0 spiro atoms. The molecule has 0 aliphatic rings. The summed E-state index contributed by atoms with van der Waals surface area (Å²) in [5, 5.41) is 12.7. The molecule has 3 rings (SSSR count). The van der Waals surface area contributed by atoms with E-state index in [2.05, 4.69) is 10.3 Å². The summed E-state index contributed by atoms with van der Waals surface area (Å²) in [4.78, 5) is 16.7. The van der Waals surface area contributed by atoms with Crippen LogP contribution in [0.2, 0.25) is 0 Å². The van der Waals surface area contributed by atoms with Gasteiger partial charge in [-0.05, 0) is 48.9 Å². The molecular formula is C19H17FN2O3. The predicted octanol–water partition coefficient (Wildman–Crippen LogP) is 3.25. The number of nitrogens with one attached hydrogen (secondary N) is 1. The Hall–Kier alpha value is -2.99. The zero-order chi connectivity index (χ0) is 17.8. The van der Waals surface area contributed by atoms with Crippen molar-refractivity contribution in [3.8, 4) is 11.5 Å². The molecule has 0 saturated heterocycles. The third-order valence-electron chi connectivity index (χ3n) is 3.79. The Kier molecular flexibility index (Phi) is 4.90. The number of halogens is 1. The number of pyridine rings is 1. The average molecular weight is 340 g/mol. The van der Waals surface area contributed by atoms with Gasteiger partial charge in [0, 0.05) is 6.54 Å². The number of rotatable bonds is 5. The molecule has 128 valence electrons. The molecule has 0 bridgehead atoms. The van der Waals surface area contributed by atoms with Crippen LogP contribution in [0.5, 0.6) is 0 Å². The molecule has 1 amide bonds. The maximum absolute atomic E-state index is 13.2. The lowest BCUT2D eigenvalue weighted by Crippen LogP contribution is -2.29. The number of furan rings is 1. The second-order valence-electron chi connectivity index (χ2n) is 5.59. The highest BCUT2D eigenvalue weighted by atomic mass is 19.1. The van der Waals surface area contributed by atoms with Gasteiger partial charge in [-0.3, -0.25) is 4.79 Å². The van der Waals surface area contributed by atoms with Crippen LogP contribution in [-0.4, -0.2) is 22.5 Å². The summed E-state index contributed by atoms with van der Waals surface area (Å²) in [5.74, 6) is -0.167. The van der Waals surface area contributed by atoms with Gasteiger partial charge in [-0.15, -0.1) is 0 Å². The maximum Gasteiger partial charge on any atom is 0.253 e. The van der Waals surface area contributed by atoms with Crippen molar-refractivity contribution in [2.75, 3.05) is 6.54 Å². The first-order chi connectivity index (χ1) is 12.0. The first-order valence-electron chi connectivity index (χ1n) is 7.78. The largest absolute Gasteiger partial charge is 0.463 e. The van der Waals surface area contributed by atoms with E-state index in [4.69, 9.17) is 4.42 Å². The molecule has 0 fully saturated rings. The second-order valence-corrected chi connectivity index (χ2v) is 5.59. The molecule has 2 N–H and O–H groups in total. The first kappa shape index (κ1) is 16.9. The van der Waals surface area contributed by atoms with E-state index in [-0.39, 0.29) is 12.5 Å². The Bertz CT molecular complexity index is 878. The number of hydrogen-bond acceptors (Lipinski definition) is 4. The minimum absolute atomic E-state index is 0.0261. The van der Waals surface area contributed by atoms with Crippen molar-refractivity contribution in [1.29, 1.82) is 0 Å². The van der Waals surface area contributed by atoms with Gasteiger partial charge in [0.2, 0.25) is 0 Å². The molecule has 0 radical (unpaired) electrons. The van der Waals surface area contributed by atoms with Gasteiger partial charge in [0.05, 0.1) is 23.6 Å². The van der Waals surface area contributed by atoms with E-state index in [0.717, 1.165) is 0 Å². The molecule has 1 atom stereocenters. The van der Waals surface area contributed by atoms with Crippen LogP contribution in [0, 0.1) is 12.7 Å². The number of aliphatic hydroxyl groups is 1. The van der Waals surface area contributed by atoms with E-state index in [9.17, 15) is 14.3 Å². The average Bonchev–Trinajstić information content (AvgIpc) is 3.14. The number of benzene rings is 1. The van der Waals surface area contributed by atoms with Gasteiger partial charge in [0.25, 0.3) is 5.91 Å². The molecule has 2 aromatic heterocycles. The van der Waals surface area contributed by atoms with E-state index in [1.165, 1.54) is 18.2 Å². The molecule has 3 aromatic rings. The zero-order valence-corrected chi connectivity index (χ0v) is 13.6. The van der Waals surface area contributed by atoms with E-state index in [1.807, 2.05) is 0 Å². The maximum atomic E-state index is 13.2. The molecule has 25 heavy (non-hydrogen) atoms. The molecule has 0 aliphatic carbocycles. The van der Waals surface area contributed by atoms with Crippen LogP contribution < -0.4 is 5.32 Å². The molecule has 0 saturated carbocycles. The second kappa shape index (κ2) is 7.27. The SMILES string of the molecule is Cc1nc(-c2ccco2)ccc1C(=O)NC[C@@H](O)c1cccc(F)c1. The van der Waals surface area contributed by atoms with Crippen LogP contribution in [-0.2, 0) is 0 Å². The Morgan fingerprint density at radius 1 is 1.28 bits per heavy atom. The lowest BCUT2D eigenvalue weighted by atomic mass is 10.1. The van der Waals surface area contributed by atoms with Crippen molar-refractivity contribution in [3.05, 3.63) is 77.4 Å². The number of aliphatic hydroxyl groups excluding tert-OH is 1. The number of aryl methyl sites for hydroxylation is 1. The monoisotopic (exact) mass is 340 g/mol. The standard InChI is InChI=1S/C19H17FN2O3/c1-12-15(7-8-16(22-12)18-6-3-9-25-18)19(24)21-11-17(23)13-4-2-5-14(20)10-13/h2-10,17,23H,11H2,1H3,(H,21,24)/t17-/m1/s1. The third-order valence-corrected chi connectivity index (χ3v) is 3.79. The molecule has 2 heterocycles. The number of carbonyl (C=O) groups is 1. The van der Waals surface area contributed by atoms with Crippen molar-refractivity contribution in [1.82, 2.24) is 10.3 Å². The molecule has 1 aromatic carbocycles. The van der Waals surface area contributed by atoms with Crippen molar-refractivity contribution in [3.63, 3.8) is 0 Å². The van der Waals surface area contributed by atoms with E-state index in [1.54, 1.807) is 43.5 Å². The summed E-state index contributed by atoms with van der Waals surface area (Å²) in [6.45, 7) is 1.70. The molecule has 0 aliphatic heterocycles. The van der Waals surface area contributed by atoms with Crippen LogP contribution >= 0.6 is 0 Å². The highest BCUT2D eigenvalue weighted by Crippen LogP contribution is 2.19. The Morgan fingerprint density at radius 3 is 2.80 bits per heavy atom. The smallest absolute Gasteiger partial charge is 0.253 e. The third kappa shape index (κ3) is 3.92. The molecular weight excluding hydrogens is 323 g/mol. The Balaban J connectivity index is 1.67. The van der Waals surface area contributed by atoms with Crippen LogP contribution in [0.15, 0.2) is 59.2 Å².